The zero-order chi connectivity index (χ0) is 17.1. The van der Waals surface area contributed by atoms with E-state index in [1.165, 1.54) is 12.3 Å². The van der Waals surface area contributed by atoms with E-state index in [-0.39, 0.29) is 11.7 Å². The van der Waals surface area contributed by atoms with Gasteiger partial charge in [-0.15, -0.1) is 0 Å². The van der Waals surface area contributed by atoms with Gasteiger partial charge in [0.2, 0.25) is 0 Å². The van der Waals surface area contributed by atoms with Crippen molar-refractivity contribution in [2.75, 3.05) is 31.1 Å². The lowest BCUT2D eigenvalue weighted by Crippen LogP contribution is -2.49. The van der Waals surface area contributed by atoms with Gasteiger partial charge in [-0.25, -0.2) is 9.37 Å². The number of aromatic nitrogens is 1. The minimum atomic E-state index is -0.363. The molecule has 2 heterocycles. The highest BCUT2D eigenvalue weighted by atomic mass is 19.1. The van der Waals surface area contributed by atoms with Crippen LogP contribution in [0.15, 0.2) is 36.5 Å². The van der Waals surface area contributed by atoms with Crippen LogP contribution in [0.2, 0.25) is 0 Å². The van der Waals surface area contributed by atoms with Crippen LogP contribution in [0.25, 0.3) is 0 Å². The number of carbonyl (C=O) groups is 2. The summed E-state index contributed by atoms with van der Waals surface area (Å²) in [5.74, 6) is 0.281. The van der Waals surface area contributed by atoms with E-state index in [2.05, 4.69) is 4.98 Å². The van der Waals surface area contributed by atoms with Gasteiger partial charge in [0.05, 0.1) is 6.20 Å². The number of hydrogen-bond acceptors (Lipinski definition) is 4. The molecule has 1 amide bonds. The molecule has 1 aromatic carbocycles. The minimum absolute atomic E-state index is 0.0667. The second kappa shape index (κ2) is 6.78. The van der Waals surface area contributed by atoms with Crippen LogP contribution < -0.4 is 4.90 Å². The molecule has 1 aliphatic heterocycles. The molecule has 3 rings (SSSR count). The maximum atomic E-state index is 13.0. The summed E-state index contributed by atoms with van der Waals surface area (Å²) >= 11 is 0. The van der Waals surface area contributed by atoms with E-state index in [0.717, 1.165) is 11.8 Å². The summed E-state index contributed by atoms with van der Waals surface area (Å²) in [5, 5.41) is 0. The first-order valence-electron chi connectivity index (χ1n) is 7.80. The summed E-state index contributed by atoms with van der Waals surface area (Å²) < 4.78 is 13.0. The Labute approximate surface area is 139 Å². The van der Waals surface area contributed by atoms with Gasteiger partial charge in [0.15, 0.2) is 0 Å². The number of benzene rings is 1. The second-order valence-electron chi connectivity index (χ2n) is 5.81. The number of aryl methyl sites for hydroxylation is 1. The number of hydrogen-bond donors (Lipinski definition) is 0. The van der Waals surface area contributed by atoms with Crippen molar-refractivity contribution in [2.24, 2.45) is 0 Å². The summed E-state index contributed by atoms with van der Waals surface area (Å²) in [6, 6.07) is 8.16. The molecule has 0 saturated carbocycles. The van der Waals surface area contributed by atoms with Crippen molar-refractivity contribution in [3.63, 3.8) is 0 Å². The molecule has 0 bridgehead atoms. The van der Waals surface area contributed by atoms with Crippen LogP contribution in [-0.4, -0.2) is 48.3 Å². The summed E-state index contributed by atoms with van der Waals surface area (Å²) in [7, 11) is 0. The number of piperazine rings is 1. The Morgan fingerprint density at radius 2 is 1.92 bits per heavy atom. The number of rotatable bonds is 3. The fourth-order valence-corrected chi connectivity index (χ4v) is 2.81. The normalized spacial score (nSPS) is 14.6. The first kappa shape index (κ1) is 16.1. The SMILES string of the molecule is Cc1ccc(C=O)cc1C(=O)N1CCN(c2ccc(F)cn2)CC1. The molecule has 0 aliphatic carbocycles. The van der Waals surface area contributed by atoms with Crippen LogP contribution in [0, 0.1) is 12.7 Å². The van der Waals surface area contributed by atoms with E-state index in [1.54, 1.807) is 29.2 Å². The number of amides is 1. The number of carbonyl (C=O) groups excluding carboxylic acids is 2. The lowest BCUT2D eigenvalue weighted by Gasteiger charge is -2.35. The highest BCUT2D eigenvalue weighted by molar-refractivity contribution is 5.97. The molecule has 0 unspecified atom stereocenters. The molecule has 0 radical (unpaired) electrons. The Morgan fingerprint density at radius 3 is 2.54 bits per heavy atom. The van der Waals surface area contributed by atoms with E-state index in [9.17, 15) is 14.0 Å². The highest BCUT2D eigenvalue weighted by Crippen LogP contribution is 2.17. The topological polar surface area (TPSA) is 53.5 Å². The smallest absolute Gasteiger partial charge is 0.254 e. The van der Waals surface area contributed by atoms with Gasteiger partial charge in [0.25, 0.3) is 5.91 Å². The average Bonchev–Trinajstić information content (AvgIpc) is 2.62. The summed E-state index contributed by atoms with van der Waals surface area (Å²) in [6.07, 6.45) is 1.94. The third kappa shape index (κ3) is 3.27. The van der Waals surface area contributed by atoms with Crippen molar-refractivity contribution in [1.29, 1.82) is 0 Å². The second-order valence-corrected chi connectivity index (χ2v) is 5.81. The van der Waals surface area contributed by atoms with Crippen LogP contribution in [0.3, 0.4) is 0 Å². The van der Waals surface area contributed by atoms with Gasteiger partial charge < -0.3 is 9.80 Å². The summed E-state index contributed by atoms with van der Waals surface area (Å²) in [4.78, 5) is 31.5. The zero-order valence-corrected chi connectivity index (χ0v) is 13.4. The third-order valence-corrected chi connectivity index (χ3v) is 4.23. The van der Waals surface area contributed by atoms with Crippen LogP contribution >= 0.6 is 0 Å². The minimum Gasteiger partial charge on any atom is -0.353 e. The first-order valence-corrected chi connectivity index (χ1v) is 7.80. The predicted octanol–water partition coefficient (Wildman–Crippen LogP) is 2.30. The Balaban J connectivity index is 1.69. The van der Waals surface area contributed by atoms with Crippen molar-refractivity contribution in [1.82, 2.24) is 9.88 Å². The molecule has 6 heteroatoms. The lowest BCUT2D eigenvalue weighted by molar-refractivity contribution is 0.0746. The quantitative estimate of drug-likeness (QED) is 0.812. The summed E-state index contributed by atoms with van der Waals surface area (Å²) in [6.45, 7) is 4.25. The highest BCUT2D eigenvalue weighted by Gasteiger charge is 2.24. The number of pyridine rings is 1. The zero-order valence-electron chi connectivity index (χ0n) is 13.4. The van der Waals surface area contributed by atoms with E-state index >= 15 is 0 Å². The van der Waals surface area contributed by atoms with Crippen LogP contribution in [-0.2, 0) is 0 Å². The molecule has 0 atom stereocenters. The third-order valence-electron chi connectivity index (χ3n) is 4.23. The number of aldehydes is 1. The molecule has 124 valence electrons. The van der Waals surface area contributed by atoms with Gasteiger partial charge in [0.1, 0.15) is 17.9 Å². The van der Waals surface area contributed by atoms with E-state index < -0.39 is 0 Å². The molecule has 5 nitrogen and oxygen atoms in total. The van der Waals surface area contributed by atoms with Crippen molar-refractivity contribution < 1.29 is 14.0 Å². The fraction of sp³-hybridized carbons (Fsp3) is 0.278. The van der Waals surface area contributed by atoms with Gasteiger partial charge in [-0.2, -0.15) is 0 Å². The Bertz CT molecular complexity index is 753. The lowest BCUT2D eigenvalue weighted by atomic mass is 10.0. The molecule has 1 saturated heterocycles. The maximum Gasteiger partial charge on any atom is 0.254 e. The Kier molecular flexibility index (Phi) is 4.55. The van der Waals surface area contributed by atoms with Crippen LogP contribution in [0.5, 0.6) is 0 Å². The van der Waals surface area contributed by atoms with Gasteiger partial charge in [-0.3, -0.25) is 9.59 Å². The average molecular weight is 327 g/mol. The Morgan fingerprint density at radius 1 is 1.17 bits per heavy atom. The monoisotopic (exact) mass is 327 g/mol. The number of halogens is 1. The first-order chi connectivity index (χ1) is 11.6. The molecule has 0 spiro atoms. The van der Waals surface area contributed by atoms with E-state index in [4.69, 9.17) is 0 Å². The number of anilines is 1. The standard InChI is InChI=1S/C18H18FN3O2/c1-13-2-3-14(12-23)10-16(13)18(24)22-8-6-21(7-9-22)17-5-4-15(19)11-20-17/h2-5,10-12H,6-9H2,1H3. The van der Waals surface area contributed by atoms with Crippen LogP contribution in [0.4, 0.5) is 10.2 Å². The molecular formula is C18H18FN3O2. The molecule has 1 aromatic heterocycles. The van der Waals surface area contributed by atoms with E-state index in [1.807, 2.05) is 11.8 Å². The number of nitrogens with zero attached hydrogens (tertiary/aromatic N) is 3. The molecule has 1 fully saturated rings. The molecule has 24 heavy (non-hydrogen) atoms. The summed E-state index contributed by atoms with van der Waals surface area (Å²) in [5.41, 5.74) is 1.92. The van der Waals surface area contributed by atoms with Gasteiger partial charge >= 0.3 is 0 Å². The largest absolute Gasteiger partial charge is 0.353 e. The molecular weight excluding hydrogens is 309 g/mol. The van der Waals surface area contributed by atoms with Crippen LogP contribution in [0.1, 0.15) is 26.3 Å². The fourth-order valence-electron chi connectivity index (χ4n) is 2.81. The van der Waals surface area contributed by atoms with Crippen molar-refractivity contribution in [3.05, 3.63) is 59.0 Å². The van der Waals surface area contributed by atoms with Gasteiger partial charge in [-0.05, 0) is 30.7 Å². The van der Waals surface area contributed by atoms with Crippen molar-refractivity contribution in [2.45, 2.75) is 6.92 Å². The van der Waals surface area contributed by atoms with E-state index in [0.29, 0.717) is 43.1 Å². The maximum absolute atomic E-state index is 13.0. The van der Waals surface area contributed by atoms with Gasteiger partial charge in [-0.1, -0.05) is 12.1 Å². The van der Waals surface area contributed by atoms with Crippen molar-refractivity contribution in [3.8, 4) is 0 Å². The molecule has 1 aliphatic rings. The predicted molar refractivity (Wildman–Crippen MR) is 88.9 cm³/mol. The molecule has 2 aromatic rings. The van der Waals surface area contributed by atoms with Crippen molar-refractivity contribution >= 4 is 18.0 Å². The van der Waals surface area contributed by atoms with Gasteiger partial charge in [0, 0.05) is 37.3 Å². The molecule has 0 N–H and O–H groups in total. The Hall–Kier alpha value is -2.76.